The van der Waals surface area contributed by atoms with Crippen LogP contribution in [0.15, 0.2) is 40.4 Å². The lowest BCUT2D eigenvalue weighted by molar-refractivity contribution is 0.242. The summed E-state index contributed by atoms with van der Waals surface area (Å²) in [6.45, 7) is 8.66. The maximum absolute atomic E-state index is 9.42. The quantitative estimate of drug-likeness (QED) is 0.492. The minimum absolute atomic E-state index is 0.0104. The zero-order valence-corrected chi connectivity index (χ0v) is 17.0. The molecule has 0 aliphatic heterocycles. The second-order valence-electron chi connectivity index (χ2n) is 6.79. The number of benzene rings is 1. The summed E-state index contributed by atoms with van der Waals surface area (Å²) < 4.78 is 11.1. The van der Waals surface area contributed by atoms with E-state index in [-0.39, 0.29) is 6.10 Å². The summed E-state index contributed by atoms with van der Waals surface area (Å²) in [6.07, 6.45) is 6.84. The maximum atomic E-state index is 9.42. The third-order valence-corrected chi connectivity index (χ3v) is 4.23. The molecule has 0 saturated heterocycles. The van der Waals surface area contributed by atoms with Crippen molar-refractivity contribution in [1.29, 1.82) is 5.26 Å². The summed E-state index contributed by atoms with van der Waals surface area (Å²) in [7, 11) is 0. The molecule has 0 unspecified atom stereocenters. The van der Waals surface area contributed by atoms with Crippen LogP contribution in [0, 0.1) is 11.3 Å². The molecule has 0 atom stereocenters. The molecule has 1 aromatic carbocycles. The predicted molar refractivity (Wildman–Crippen MR) is 111 cm³/mol. The number of allylic oxidation sites excluding steroid dienone is 4. The molecule has 6 heteroatoms. The summed E-state index contributed by atoms with van der Waals surface area (Å²) in [5, 5.41) is 13.6. The van der Waals surface area contributed by atoms with Crippen molar-refractivity contribution in [3.63, 3.8) is 0 Å². The monoisotopic (exact) mass is 380 g/mol. The van der Waals surface area contributed by atoms with Gasteiger partial charge in [0.15, 0.2) is 0 Å². The number of aromatic nitrogens is 2. The van der Waals surface area contributed by atoms with Crippen LogP contribution in [0.4, 0.5) is 0 Å². The van der Waals surface area contributed by atoms with Crippen molar-refractivity contribution in [3.05, 3.63) is 47.3 Å². The molecule has 0 aliphatic carbocycles. The number of hydrogen-bond acceptors (Lipinski definition) is 6. The van der Waals surface area contributed by atoms with Crippen molar-refractivity contribution >= 4 is 5.57 Å². The Hall–Kier alpha value is -2.91. The van der Waals surface area contributed by atoms with Crippen LogP contribution >= 0.6 is 0 Å². The van der Waals surface area contributed by atoms with Gasteiger partial charge in [-0.2, -0.15) is 10.2 Å². The van der Waals surface area contributed by atoms with E-state index in [9.17, 15) is 5.26 Å². The van der Waals surface area contributed by atoms with E-state index < -0.39 is 0 Å². The fourth-order valence-corrected chi connectivity index (χ4v) is 2.59. The van der Waals surface area contributed by atoms with E-state index >= 15 is 0 Å². The SMILES string of the molecule is CC/C(C)=C(/C=C\CCCN)c1noc(-c2ccc(OC(C)C)c(C#N)c2)n1. The smallest absolute Gasteiger partial charge is 0.258 e. The highest BCUT2D eigenvalue weighted by Gasteiger charge is 2.15. The maximum Gasteiger partial charge on any atom is 0.258 e. The van der Waals surface area contributed by atoms with Crippen LogP contribution in [0.1, 0.15) is 58.3 Å². The molecule has 0 spiro atoms. The highest BCUT2D eigenvalue weighted by atomic mass is 16.5. The first-order valence-electron chi connectivity index (χ1n) is 9.61. The number of nitrogens with two attached hydrogens (primary N) is 1. The molecule has 28 heavy (non-hydrogen) atoms. The van der Waals surface area contributed by atoms with E-state index in [1.807, 2.05) is 26.0 Å². The molecule has 1 aromatic heterocycles. The first kappa shape index (κ1) is 21.4. The fraction of sp³-hybridized carbons (Fsp3) is 0.409. The Labute approximate surface area is 166 Å². The number of rotatable bonds is 9. The number of nitriles is 1. The molecular weight excluding hydrogens is 352 g/mol. The standard InChI is InChI=1S/C22H28N4O2/c1-5-16(4)19(9-7-6-8-12-23)21-25-22(28-26-21)17-10-11-20(27-15(2)3)18(13-17)14-24/h7,9-11,13,15H,5-6,8,12,23H2,1-4H3/b9-7-,19-16-. The van der Waals surface area contributed by atoms with Gasteiger partial charge in [0, 0.05) is 11.1 Å². The number of unbranched alkanes of at least 4 members (excludes halogenated alkanes) is 1. The van der Waals surface area contributed by atoms with Gasteiger partial charge in [0.25, 0.3) is 5.89 Å². The van der Waals surface area contributed by atoms with Crippen molar-refractivity contribution in [2.75, 3.05) is 6.54 Å². The molecule has 2 aromatic rings. The van der Waals surface area contributed by atoms with Gasteiger partial charge in [-0.25, -0.2) is 0 Å². The lowest BCUT2D eigenvalue weighted by Gasteiger charge is -2.11. The number of ether oxygens (including phenoxy) is 1. The van der Waals surface area contributed by atoms with Crippen LogP contribution in [0.25, 0.3) is 17.0 Å². The molecular formula is C22H28N4O2. The Morgan fingerprint density at radius 2 is 2.18 bits per heavy atom. The summed E-state index contributed by atoms with van der Waals surface area (Å²) in [5.74, 6) is 1.46. The summed E-state index contributed by atoms with van der Waals surface area (Å²) in [5.41, 5.74) is 8.81. The number of nitrogens with zero attached hydrogens (tertiary/aromatic N) is 3. The largest absolute Gasteiger partial charge is 0.490 e. The van der Waals surface area contributed by atoms with Gasteiger partial charge in [-0.15, -0.1) is 0 Å². The van der Waals surface area contributed by atoms with Crippen molar-refractivity contribution in [2.24, 2.45) is 5.73 Å². The molecule has 2 N–H and O–H groups in total. The van der Waals surface area contributed by atoms with Crippen molar-refractivity contribution in [3.8, 4) is 23.3 Å². The van der Waals surface area contributed by atoms with Gasteiger partial charge >= 0.3 is 0 Å². The van der Waals surface area contributed by atoms with E-state index in [1.54, 1.807) is 12.1 Å². The van der Waals surface area contributed by atoms with Gasteiger partial charge in [-0.1, -0.05) is 29.8 Å². The normalized spacial score (nSPS) is 12.3. The third-order valence-electron chi connectivity index (χ3n) is 4.23. The molecule has 0 bridgehead atoms. The lowest BCUT2D eigenvalue weighted by atomic mass is 10.1. The van der Waals surface area contributed by atoms with Gasteiger partial charge in [0.2, 0.25) is 5.82 Å². The Morgan fingerprint density at radius 3 is 2.82 bits per heavy atom. The van der Waals surface area contributed by atoms with Gasteiger partial charge in [-0.05, 0) is 64.8 Å². The van der Waals surface area contributed by atoms with Gasteiger partial charge in [-0.3, -0.25) is 0 Å². The van der Waals surface area contributed by atoms with E-state index in [4.69, 9.17) is 15.0 Å². The van der Waals surface area contributed by atoms with Crippen LogP contribution in [0.3, 0.4) is 0 Å². The second kappa shape index (κ2) is 10.4. The third kappa shape index (κ3) is 5.54. The summed E-state index contributed by atoms with van der Waals surface area (Å²) in [6, 6.07) is 7.46. The van der Waals surface area contributed by atoms with E-state index in [0.717, 1.165) is 24.8 Å². The molecule has 0 radical (unpaired) electrons. The Bertz CT molecular complexity index is 888. The number of hydrogen-bond donors (Lipinski definition) is 1. The lowest BCUT2D eigenvalue weighted by Crippen LogP contribution is -2.06. The minimum atomic E-state index is -0.0104. The zero-order chi connectivity index (χ0) is 20.5. The van der Waals surface area contributed by atoms with Crippen LogP contribution in [0.2, 0.25) is 0 Å². The second-order valence-corrected chi connectivity index (χ2v) is 6.79. The zero-order valence-electron chi connectivity index (χ0n) is 17.0. The van der Waals surface area contributed by atoms with Crippen molar-refractivity contribution < 1.29 is 9.26 Å². The average Bonchev–Trinajstić information content (AvgIpc) is 3.17. The van der Waals surface area contributed by atoms with Gasteiger partial charge in [0.05, 0.1) is 11.7 Å². The van der Waals surface area contributed by atoms with Crippen LogP contribution in [-0.4, -0.2) is 22.8 Å². The van der Waals surface area contributed by atoms with Gasteiger partial charge in [0.1, 0.15) is 11.8 Å². The summed E-state index contributed by atoms with van der Waals surface area (Å²) >= 11 is 0. The molecule has 0 amide bonds. The molecule has 6 nitrogen and oxygen atoms in total. The van der Waals surface area contributed by atoms with E-state index in [0.29, 0.717) is 35.1 Å². The van der Waals surface area contributed by atoms with E-state index in [1.165, 1.54) is 5.57 Å². The molecule has 0 fully saturated rings. The Kier molecular flexibility index (Phi) is 7.97. The Balaban J connectivity index is 2.33. The first-order valence-corrected chi connectivity index (χ1v) is 9.61. The van der Waals surface area contributed by atoms with E-state index in [2.05, 4.69) is 36.1 Å². The Morgan fingerprint density at radius 1 is 1.39 bits per heavy atom. The van der Waals surface area contributed by atoms with Crippen LogP contribution < -0.4 is 10.5 Å². The van der Waals surface area contributed by atoms with Crippen molar-refractivity contribution in [1.82, 2.24) is 10.1 Å². The molecule has 1 heterocycles. The average molecular weight is 380 g/mol. The highest BCUT2D eigenvalue weighted by Crippen LogP contribution is 2.28. The molecule has 0 aliphatic rings. The first-order chi connectivity index (χ1) is 13.5. The van der Waals surface area contributed by atoms with Crippen molar-refractivity contribution in [2.45, 2.75) is 53.1 Å². The highest BCUT2D eigenvalue weighted by molar-refractivity contribution is 5.73. The van der Waals surface area contributed by atoms with Crippen LogP contribution in [-0.2, 0) is 0 Å². The fourth-order valence-electron chi connectivity index (χ4n) is 2.59. The van der Waals surface area contributed by atoms with Crippen LogP contribution in [0.5, 0.6) is 5.75 Å². The molecule has 0 saturated carbocycles. The molecule has 148 valence electrons. The minimum Gasteiger partial charge on any atom is -0.490 e. The predicted octanol–water partition coefficient (Wildman–Crippen LogP) is 4.87. The summed E-state index contributed by atoms with van der Waals surface area (Å²) in [4.78, 5) is 4.55. The molecule has 2 rings (SSSR count). The van der Waals surface area contributed by atoms with Gasteiger partial charge < -0.3 is 15.0 Å². The topological polar surface area (TPSA) is 98.0 Å².